The molecule has 0 N–H and O–H groups in total. The topological polar surface area (TPSA) is 52.8 Å². The normalized spacial score (nSPS) is 11.5. The third kappa shape index (κ3) is 5.16. The van der Waals surface area contributed by atoms with Crippen molar-refractivity contribution in [1.82, 2.24) is 19.5 Å². The van der Waals surface area contributed by atoms with Crippen molar-refractivity contribution in [3.63, 3.8) is 0 Å². The molecule has 7 rings (SSSR count). The van der Waals surface area contributed by atoms with Crippen molar-refractivity contribution in [2.24, 2.45) is 0 Å². The highest BCUT2D eigenvalue weighted by atomic mass is 16.5. The molecule has 0 bridgehead atoms. The zero-order valence-corrected chi connectivity index (χ0v) is 28.7. The zero-order valence-electron chi connectivity index (χ0n) is 28.7. The second kappa shape index (κ2) is 11.5. The van der Waals surface area contributed by atoms with Gasteiger partial charge in [0.15, 0.2) is 11.6 Å². The minimum atomic E-state index is 0.674. The van der Waals surface area contributed by atoms with Crippen LogP contribution in [0.15, 0.2) is 79.1 Å². The van der Waals surface area contributed by atoms with E-state index < -0.39 is 0 Å². The van der Waals surface area contributed by atoms with Crippen LogP contribution in [0, 0.1) is 55.4 Å². The molecule has 0 amide bonds. The minimum absolute atomic E-state index is 0.674. The fourth-order valence-corrected chi connectivity index (χ4v) is 7.69. The van der Waals surface area contributed by atoms with Gasteiger partial charge in [0.05, 0.1) is 23.8 Å². The predicted octanol–water partition coefficient (Wildman–Crippen LogP) is 10.4. The largest absolute Gasteiger partial charge is 0.497 e. The number of nitrogens with zero attached hydrogens (tertiary/aromatic N) is 4. The summed E-state index contributed by atoms with van der Waals surface area (Å²) in [6.07, 6.45) is 1.63. The lowest BCUT2D eigenvalue weighted by molar-refractivity contribution is 0.415. The molecule has 0 aliphatic rings. The van der Waals surface area contributed by atoms with Crippen LogP contribution in [0.5, 0.6) is 5.75 Å². The Hall–Kier alpha value is -5.29. The molecule has 2 heterocycles. The fraction of sp³-hybridized carbons (Fsp3) is 0.214. The summed E-state index contributed by atoms with van der Waals surface area (Å²) >= 11 is 0. The monoisotopic (exact) mass is 616 g/mol. The van der Waals surface area contributed by atoms with Gasteiger partial charge in [-0.25, -0.2) is 15.0 Å². The molecule has 5 heteroatoms. The second-order valence-electron chi connectivity index (χ2n) is 13.1. The van der Waals surface area contributed by atoms with E-state index >= 15 is 0 Å². The van der Waals surface area contributed by atoms with Crippen LogP contribution in [0.1, 0.15) is 44.5 Å². The Labute approximate surface area is 276 Å². The molecule has 5 nitrogen and oxygen atoms in total. The number of fused-ring (bicyclic) bond motifs is 3. The van der Waals surface area contributed by atoms with E-state index in [1.807, 2.05) is 6.07 Å². The van der Waals surface area contributed by atoms with Crippen LogP contribution in [-0.2, 0) is 0 Å². The van der Waals surface area contributed by atoms with Crippen LogP contribution in [-0.4, -0.2) is 26.6 Å². The summed E-state index contributed by atoms with van der Waals surface area (Å²) in [6, 6.07) is 26.6. The maximum atomic E-state index is 5.70. The molecule has 7 aromatic rings. The third-order valence-electron chi connectivity index (χ3n) is 9.38. The number of aryl methyl sites for hydroxylation is 8. The molecule has 0 aliphatic carbocycles. The van der Waals surface area contributed by atoms with Gasteiger partial charge in [-0.3, -0.25) is 0 Å². The van der Waals surface area contributed by atoms with Crippen LogP contribution < -0.4 is 4.74 Å². The van der Waals surface area contributed by atoms with Gasteiger partial charge in [0.1, 0.15) is 12.1 Å². The van der Waals surface area contributed by atoms with E-state index in [9.17, 15) is 0 Å². The molecule has 5 aromatic carbocycles. The second-order valence-corrected chi connectivity index (χ2v) is 13.1. The minimum Gasteiger partial charge on any atom is -0.497 e. The molecule has 0 aliphatic heterocycles. The number of benzene rings is 5. The van der Waals surface area contributed by atoms with Gasteiger partial charge in [0.25, 0.3) is 0 Å². The Morgan fingerprint density at radius 2 is 1.04 bits per heavy atom. The highest BCUT2D eigenvalue weighted by Crippen LogP contribution is 2.40. The molecule has 0 fully saturated rings. The summed E-state index contributed by atoms with van der Waals surface area (Å²) in [5.41, 5.74) is 17.8. The maximum absolute atomic E-state index is 5.70. The van der Waals surface area contributed by atoms with E-state index in [0.29, 0.717) is 11.6 Å². The quantitative estimate of drug-likeness (QED) is 0.193. The summed E-state index contributed by atoms with van der Waals surface area (Å²) < 4.78 is 8.10. The molecular formula is C42H40N4O. The average Bonchev–Trinajstić information content (AvgIpc) is 3.32. The first-order chi connectivity index (χ1) is 22.5. The lowest BCUT2D eigenvalue weighted by Gasteiger charge is -2.17. The van der Waals surface area contributed by atoms with Crippen LogP contribution in [0.2, 0.25) is 0 Å². The average molecular weight is 617 g/mol. The number of hydrogen-bond acceptors (Lipinski definition) is 4. The van der Waals surface area contributed by atoms with Crippen LogP contribution in [0.25, 0.3) is 61.4 Å². The Bertz CT molecular complexity index is 2310. The maximum Gasteiger partial charge on any atom is 0.163 e. The van der Waals surface area contributed by atoms with Gasteiger partial charge in [-0.05, 0) is 142 Å². The molecule has 47 heavy (non-hydrogen) atoms. The van der Waals surface area contributed by atoms with E-state index in [-0.39, 0.29) is 0 Å². The summed E-state index contributed by atoms with van der Waals surface area (Å²) in [7, 11) is 1.73. The number of ether oxygens (including phenoxy) is 1. The SMILES string of the molecule is COc1ccc2c(c1)c1cc(-c3c(C)cc(C)cc3C)ccc1n2-c1c(C)cc(-c2ncnc(-c3c(C)cc(C)cc3C)n2)cc1C. The van der Waals surface area contributed by atoms with Gasteiger partial charge < -0.3 is 9.30 Å². The lowest BCUT2D eigenvalue weighted by atomic mass is 9.93. The van der Waals surface area contributed by atoms with Crippen molar-refractivity contribution in [2.45, 2.75) is 55.4 Å². The van der Waals surface area contributed by atoms with Crippen molar-refractivity contribution in [3.05, 3.63) is 124 Å². The van der Waals surface area contributed by atoms with Crippen LogP contribution in [0.3, 0.4) is 0 Å². The van der Waals surface area contributed by atoms with Crippen LogP contribution in [0.4, 0.5) is 0 Å². The van der Waals surface area contributed by atoms with E-state index in [1.54, 1.807) is 13.4 Å². The molecule has 234 valence electrons. The van der Waals surface area contributed by atoms with Gasteiger partial charge in [-0.2, -0.15) is 0 Å². The molecule has 2 aromatic heterocycles. The zero-order chi connectivity index (χ0) is 33.1. The Kier molecular flexibility index (Phi) is 7.43. The third-order valence-corrected chi connectivity index (χ3v) is 9.38. The standard InChI is InChI=1S/C42H40N4O/c1-23-14-25(3)38(26(4)15-23)31-10-12-36-34(20-31)35-21-33(47-9)11-13-37(35)46(36)40-29(7)18-32(19-30(40)8)41-43-22-44-42(45-41)39-27(5)16-24(2)17-28(39)6/h10-22H,1-9H3. The van der Waals surface area contributed by atoms with Crippen molar-refractivity contribution in [1.29, 1.82) is 0 Å². The first-order valence-electron chi connectivity index (χ1n) is 16.1. The highest BCUT2D eigenvalue weighted by Gasteiger charge is 2.20. The number of hydrogen-bond donors (Lipinski definition) is 0. The van der Waals surface area contributed by atoms with E-state index in [0.717, 1.165) is 50.1 Å². The van der Waals surface area contributed by atoms with Crippen LogP contribution >= 0.6 is 0 Å². The molecule has 0 saturated heterocycles. The van der Waals surface area contributed by atoms with Gasteiger partial charge in [-0.15, -0.1) is 0 Å². The Balaban J connectivity index is 1.40. The molecule has 0 atom stereocenters. The van der Waals surface area contributed by atoms with Crippen molar-refractivity contribution in [2.75, 3.05) is 7.11 Å². The molecule has 0 radical (unpaired) electrons. The fourth-order valence-electron chi connectivity index (χ4n) is 7.69. The van der Waals surface area contributed by atoms with Crippen molar-refractivity contribution >= 4 is 21.8 Å². The first kappa shape index (κ1) is 30.4. The molecular weight excluding hydrogens is 576 g/mol. The Morgan fingerprint density at radius 3 is 1.64 bits per heavy atom. The van der Waals surface area contributed by atoms with Gasteiger partial charge in [-0.1, -0.05) is 41.5 Å². The van der Waals surface area contributed by atoms with Gasteiger partial charge in [0.2, 0.25) is 0 Å². The molecule has 0 spiro atoms. The predicted molar refractivity (Wildman–Crippen MR) is 195 cm³/mol. The number of rotatable bonds is 5. The van der Waals surface area contributed by atoms with Gasteiger partial charge >= 0.3 is 0 Å². The smallest absolute Gasteiger partial charge is 0.163 e. The van der Waals surface area contributed by atoms with E-state index in [4.69, 9.17) is 9.72 Å². The summed E-state index contributed by atoms with van der Waals surface area (Å²) in [6.45, 7) is 17.3. The molecule has 0 saturated carbocycles. The van der Waals surface area contributed by atoms with Crippen molar-refractivity contribution < 1.29 is 4.74 Å². The summed E-state index contributed by atoms with van der Waals surface area (Å²) in [4.78, 5) is 14.2. The lowest BCUT2D eigenvalue weighted by Crippen LogP contribution is -2.03. The van der Waals surface area contributed by atoms with E-state index in [2.05, 4.69) is 137 Å². The van der Waals surface area contributed by atoms with E-state index in [1.165, 1.54) is 49.9 Å². The Morgan fingerprint density at radius 1 is 0.511 bits per heavy atom. The summed E-state index contributed by atoms with van der Waals surface area (Å²) in [5, 5.41) is 2.36. The molecule has 0 unspecified atom stereocenters. The number of methoxy groups -OCH3 is 1. The van der Waals surface area contributed by atoms with Crippen molar-refractivity contribution in [3.8, 4) is 45.3 Å². The first-order valence-corrected chi connectivity index (χ1v) is 16.1. The summed E-state index contributed by atoms with van der Waals surface area (Å²) in [5.74, 6) is 2.22. The highest BCUT2D eigenvalue weighted by molar-refractivity contribution is 6.11. The van der Waals surface area contributed by atoms with Gasteiger partial charge in [0, 0.05) is 21.9 Å². The number of aromatic nitrogens is 4.